The largest absolute Gasteiger partial charge is 0.352 e. The number of carbonyl (C=O) groups excluding carboxylic acids is 1. The molecule has 2 rings (SSSR count). The summed E-state index contributed by atoms with van der Waals surface area (Å²) in [6.07, 6.45) is 3.66. The summed E-state index contributed by atoms with van der Waals surface area (Å²) in [6, 6.07) is 0. The van der Waals surface area contributed by atoms with E-state index in [2.05, 4.69) is 15.3 Å². The van der Waals surface area contributed by atoms with Crippen molar-refractivity contribution in [3.63, 3.8) is 0 Å². The lowest BCUT2D eigenvalue weighted by molar-refractivity contribution is 0.0955. The Labute approximate surface area is 93.0 Å². The zero-order valence-electron chi connectivity index (χ0n) is 8.73. The predicted molar refractivity (Wildman–Crippen MR) is 55.8 cm³/mol. The standard InChI is InChI=1S/C9H11N3O3S/c1-16(14,15)9-11-5-6-7(12-9)3-2-4-10-8(6)13/h5H,2-4H2,1H3,(H,10,13). The van der Waals surface area contributed by atoms with Gasteiger partial charge in [-0.1, -0.05) is 0 Å². The molecule has 1 aliphatic rings. The number of hydrogen-bond donors (Lipinski definition) is 1. The number of aromatic nitrogens is 2. The maximum absolute atomic E-state index is 11.5. The molecule has 7 heteroatoms. The van der Waals surface area contributed by atoms with Gasteiger partial charge in [0.25, 0.3) is 5.91 Å². The van der Waals surface area contributed by atoms with Gasteiger partial charge >= 0.3 is 0 Å². The van der Waals surface area contributed by atoms with E-state index in [0.29, 0.717) is 24.2 Å². The number of fused-ring (bicyclic) bond motifs is 1. The molecule has 86 valence electrons. The van der Waals surface area contributed by atoms with Gasteiger partial charge in [-0.2, -0.15) is 0 Å². The fraction of sp³-hybridized carbons (Fsp3) is 0.444. The van der Waals surface area contributed by atoms with Crippen LogP contribution in [0.25, 0.3) is 0 Å². The molecule has 0 radical (unpaired) electrons. The maximum atomic E-state index is 11.5. The Balaban J connectivity index is 2.54. The highest BCUT2D eigenvalue weighted by atomic mass is 32.2. The van der Waals surface area contributed by atoms with E-state index in [9.17, 15) is 13.2 Å². The lowest BCUT2D eigenvalue weighted by Crippen LogP contribution is -2.23. The lowest BCUT2D eigenvalue weighted by Gasteiger charge is -2.04. The summed E-state index contributed by atoms with van der Waals surface area (Å²) in [5.41, 5.74) is 0.871. The number of rotatable bonds is 1. The van der Waals surface area contributed by atoms with Crippen LogP contribution in [-0.4, -0.2) is 37.1 Å². The number of amides is 1. The summed E-state index contributed by atoms with van der Waals surface area (Å²) < 4.78 is 22.5. The number of sulfone groups is 1. The summed E-state index contributed by atoms with van der Waals surface area (Å²) in [4.78, 5) is 19.2. The molecular weight excluding hydrogens is 230 g/mol. The van der Waals surface area contributed by atoms with E-state index in [1.54, 1.807) is 0 Å². The molecule has 0 bridgehead atoms. The van der Waals surface area contributed by atoms with Crippen molar-refractivity contribution < 1.29 is 13.2 Å². The van der Waals surface area contributed by atoms with E-state index in [1.807, 2.05) is 0 Å². The molecule has 1 aromatic heterocycles. The van der Waals surface area contributed by atoms with Gasteiger partial charge in [0, 0.05) is 19.0 Å². The van der Waals surface area contributed by atoms with Crippen molar-refractivity contribution in [1.82, 2.24) is 15.3 Å². The molecule has 16 heavy (non-hydrogen) atoms. The maximum Gasteiger partial charge on any atom is 0.254 e. The van der Waals surface area contributed by atoms with Gasteiger partial charge in [-0.15, -0.1) is 0 Å². The Morgan fingerprint density at radius 1 is 1.44 bits per heavy atom. The van der Waals surface area contributed by atoms with Crippen LogP contribution < -0.4 is 5.32 Å². The van der Waals surface area contributed by atoms with Crippen molar-refractivity contribution >= 4 is 15.7 Å². The number of carbonyl (C=O) groups is 1. The summed E-state index contributed by atoms with van der Waals surface area (Å²) >= 11 is 0. The van der Waals surface area contributed by atoms with Gasteiger partial charge in [-0.05, 0) is 12.8 Å². The van der Waals surface area contributed by atoms with E-state index in [0.717, 1.165) is 12.7 Å². The first-order valence-corrected chi connectivity index (χ1v) is 6.72. The van der Waals surface area contributed by atoms with Crippen LogP contribution in [0.4, 0.5) is 0 Å². The molecule has 0 saturated carbocycles. The lowest BCUT2D eigenvalue weighted by atomic mass is 10.1. The fourth-order valence-electron chi connectivity index (χ4n) is 1.51. The zero-order chi connectivity index (χ0) is 11.8. The van der Waals surface area contributed by atoms with E-state index < -0.39 is 9.84 Å². The highest BCUT2D eigenvalue weighted by Crippen LogP contribution is 2.13. The second-order valence-electron chi connectivity index (χ2n) is 3.64. The molecule has 1 aromatic rings. The molecule has 0 spiro atoms. The van der Waals surface area contributed by atoms with Crippen LogP contribution in [0, 0.1) is 0 Å². The number of aryl methyl sites for hydroxylation is 1. The third-order valence-electron chi connectivity index (χ3n) is 2.30. The van der Waals surface area contributed by atoms with Crippen LogP contribution in [-0.2, 0) is 16.3 Å². The molecule has 1 amide bonds. The highest BCUT2D eigenvalue weighted by molar-refractivity contribution is 7.90. The van der Waals surface area contributed by atoms with E-state index >= 15 is 0 Å². The Morgan fingerprint density at radius 3 is 2.88 bits per heavy atom. The van der Waals surface area contributed by atoms with Gasteiger partial charge in [0.2, 0.25) is 15.0 Å². The molecular formula is C9H11N3O3S. The molecule has 1 aliphatic heterocycles. The Bertz CT molecular complexity index is 539. The molecule has 0 atom stereocenters. The minimum Gasteiger partial charge on any atom is -0.352 e. The molecule has 0 aliphatic carbocycles. The molecule has 0 unspecified atom stereocenters. The van der Waals surface area contributed by atoms with Gasteiger partial charge in [0.15, 0.2) is 0 Å². The second-order valence-corrected chi connectivity index (χ2v) is 5.55. The van der Waals surface area contributed by atoms with E-state index in [4.69, 9.17) is 0 Å². The van der Waals surface area contributed by atoms with Crippen LogP contribution in [0.15, 0.2) is 11.4 Å². The fourth-order valence-corrected chi connectivity index (χ4v) is 2.03. The third kappa shape index (κ3) is 2.04. The topological polar surface area (TPSA) is 89.0 Å². The molecule has 1 N–H and O–H groups in total. The molecule has 0 saturated heterocycles. The molecule has 0 fully saturated rings. The summed E-state index contributed by atoms with van der Waals surface area (Å²) in [7, 11) is -3.42. The predicted octanol–water partition coefficient (Wildman–Crippen LogP) is -0.444. The first-order chi connectivity index (χ1) is 7.48. The molecule has 0 aromatic carbocycles. The average molecular weight is 241 g/mol. The van der Waals surface area contributed by atoms with Crippen molar-refractivity contribution in [2.45, 2.75) is 18.0 Å². The van der Waals surface area contributed by atoms with Gasteiger partial charge in [0.1, 0.15) is 0 Å². The monoisotopic (exact) mass is 241 g/mol. The van der Waals surface area contributed by atoms with E-state index in [-0.39, 0.29) is 11.1 Å². The zero-order valence-corrected chi connectivity index (χ0v) is 9.54. The third-order valence-corrected chi connectivity index (χ3v) is 3.16. The number of hydrogen-bond acceptors (Lipinski definition) is 5. The highest BCUT2D eigenvalue weighted by Gasteiger charge is 2.20. The van der Waals surface area contributed by atoms with Crippen LogP contribution in [0.3, 0.4) is 0 Å². The normalized spacial score (nSPS) is 16.2. The first kappa shape index (κ1) is 11.0. The quantitative estimate of drug-likeness (QED) is 0.673. The van der Waals surface area contributed by atoms with Crippen LogP contribution in [0.2, 0.25) is 0 Å². The minimum atomic E-state index is -3.42. The van der Waals surface area contributed by atoms with Gasteiger partial charge in [-0.3, -0.25) is 4.79 Å². The minimum absolute atomic E-state index is 0.221. The first-order valence-electron chi connectivity index (χ1n) is 4.82. The Kier molecular flexibility index (Phi) is 2.63. The van der Waals surface area contributed by atoms with Gasteiger partial charge in [0.05, 0.1) is 11.3 Å². The van der Waals surface area contributed by atoms with Crippen molar-refractivity contribution in [3.05, 3.63) is 17.5 Å². The van der Waals surface area contributed by atoms with Gasteiger partial charge < -0.3 is 5.32 Å². The van der Waals surface area contributed by atoms with Crippen molar-refractivity contribution in [1.29, 1.82) is 0 Å². The second kappa shape index (κ2) is 3.82. The van der Waals surface area contributed by atoms with Crippen LogP contribution in [0.5, 0.6) is 0 Å². The van der Waals surface area contributed by atoms with E-state index in [1.165, 1.54) is 6.20 Å². The van der Waals surface area contributed by atoms with Crippen molar-refractivity contribution in [2.24, 2.45) is 0 Å². The van der Waals surface area contributed by atoms with Crippen LogP contribution in [0.1, 0.15) is 22.5 Å². The van der Waals surface area contributed by atoms with Crippen molar-refractivity contribution in [3.8, 4) is 0 Å². The molecule has 6 nitrogen and oxygen atoms in total. The number of nitrogens with zero attached hydrogens (tertiary/aromatic N) is 2. The molecule has 2 heterocycles. The summed E-state index contributed by atoms with van der Waals surface area (Å²) in [5.74, 6) is -0.243. The Morgan fingerprint density at radius 2 is 2.19 bits per heavy atom. The summed E-state index contributed by atoms with van der Waals surface area (Å²) in [6.45, 7) is 0.573. The SMILES string of the molecule is CS(=O)(=O)c1ncc2c(n1)CCCNC2=O. The van der Waals surface area contributed by atoms with Crippen LogP contribution >= 0.6 is 0 Å². The number of nitrogens with one attached hydrogen (secondary N) is 1. The van der Waals surface area contributed by atoms with Gasteiger partial charge in [-0.25, -0.2) is 18.4 Å². The van der Waals surface area contributed by atoms with Crippen molar-refractivity contribution in [2.75, 3.05) is 12.8 Å². The average Bonchev–Trinajstić information content (AvgIpc) is 2.39. The Hall–Kier alpha value is -1.50. The summed E-state index contributed by atoms with van der Waals surface area (Å²) in [5, 5.41) is 2.47. The smallest absolute Gasteiger partial charge is 0.254 e.